The van der Waals surface area contributed by atoms with Gasteiger partial charge in [-0.3, -0.25) is 24.0 Å². The molecular weight excluding hydrogens is 444 g/mol. The Balaban J connectivity index is 5.40. The molecule has 0 aromatic carbocycles. The van der Waals surface area contributed by atoms with Crippen molar-refractivity contribution in [3.8, 4) is 0 Å². The topological polar surface area (TPSA) is 237 Å². The largest absolute Gasteiger partial charge is 0.480 e. The molecular formula is C18H32N6O7S. The van der Waals surface area contributed by atoms with E-state index >= 15 is 0 Å². The van der Waals surface area contributed by atoms with Crippen LogP contribution in [0, 0.1) is 5.92 Å². The first-order chi connectivity index (χ1) is 14.8. The monoisotopic (exact) mass is 476 g/mol. The lowest BCUT2D eigenvalue weighted by molar-refractivity contribution is -0.144. The molecule has 0 aliphatic rings. The number of amides is 5. The van der Waals surface area contributed by atoms with E-state index in [0.29, 0.717) is 5.75 Å². The molecule has 0 aromatic heterocycles. The minimum atomic E-state index is -1.56. The molecule has 0 saturated heterocycles. The lowest BCUT2D eigenvalue weighted by Crippen LogP contribution is -2.58. The third-order valence-electron chi connectivity index (χ3n) is 4.27. The maximum Gasteiger partial charge on any atom is 0.326 e. The number of thioether (sulfide) groups is 1. The summed E-state index contributed by atoms with van der Waals surface area (Å²) in [4.78, 5) is 70.9. The standard InChI is InChI=1S/C18H32N6O7S/c1-8(2)14(17(29)23-11(18(30)31)7-13(21)26)24-16(28)10(4-5-32-3)22-15(27)9(19)6-12(20)25/h8-11,14H,4-7,19H2,1-3H3,(H2,20,25)(H2,21,26)(H,22,27)(H,23,29)(H,24,28)(H,30,31). The Morgan fingerprint density at radius 2 is 1.38 bits per heavy atom. The maximum atomic E-state index is 12.8. The van der Waals surface area contributed by atoms with Crippen LogP contribution in [0.2, 0.25) is 0 Å². The van der Waals surface area contributed by atoms with Crippen molar-refractivity contribution in [2.75, 3.05) is 12.0 Å². The second kappa shape index (κ2) is 14.2. The van der Waals surface area contributed by atoms with Gasteiger partial charge < -0.3 is 38.3 Å². The van der Waals surface area contributed by atoms with E-state index in [4.69, 9.17) is 22.3 Å². The summed E-state index contributed by atoms with van der Waals surface area (Å²) in [5, 5.41) is 16.3. The molecule has 13 nitrogen and oxygen atoms in total. The Morgan fingerprint density at radius 1 is 0.844 bits per heavy atom. The van der Waals surface area contributed by atoms with E-state index in [1.807, 2.05) is 0 Å². The normalized spacial score (nSPS) is 14.5. The molecule has 0 fully saturated rings. The van der Waals surface area contributed by atoms with E-state index in [9.17, 15) is 28.8 Å². The van der Waals surface area contributed by atoms with Crippen LogP contribution in [0.15, 0.2) is 0 Å². The van der Waals surface area contributed by atoms with E-state index < -0.39 is 78.4 Å². The summed E-state index contributed by atoms with van der Waals surface area (Å²) in [5.74, 6) is -5.43. The summed E-state index contributed by atoms with van der Waals surface area (Å²) in [6.45, 7) is 3.24. The predicted molar refractivity (Wildman–Crippen MR) is 117 cm³/mol. The third kappa shape index (κ3) is 10.9. The van der Waals surface area contributed by atoms with Crippen molar-refractivity contribution >= 4 is 47.3 Å². The van der Waals surface area contributed by atoms with Crippen LogP contribution in [-0.2, 0) is 28.8 Å². The fourth-order valence-corrected chi connectivity index (χ4v) is 3.02. The first-order valence-corrected chi connectivity index (χ1v) is 11.1. The van der Waals surface area contributed by atoms with Gasteiger partial charge in [0.1, 0.15) is 18.1 Å². The number of aliphatic carboxylic acids is 1. The minimum absolute atomic E-state index is 0.202. The number of carbonyl (C=O) groups is 6. The number of carbonyl (C=O) groups excluding carboxylic acids is 5. The lowest BCUT2D eigenvalue weighted by atomic mass is 10.0. The van der Waals surface area contributed by atoms with Gasteiger partial charge in [-0.25, -0.2) is 4.79 Å². The highest BCUT2D eigenvalue weighted by Crippen LogP contribution is 2.07. The van der Waals surface area contributed by atoms with E-state index in [-0.39, 0.29) is 6.42 Å². The summed E-state index contributed by atoms with van der Waals surface area (Å²) in [7, 11) is 0. The second-order valence-corrected chi connectivity index (χ2v) is 8.41. The number of hydrogen-bond donors (Lipinski definition) is 7. The van der Waals surface area contributed by atoms with Crippen LogP contribution in [0.3, 0.4) is 0 Å². The smallest absolute Gasteiger partial charge is 0.326 e. The summed E-state index contributed by atoms with van der Waals surface area (Å²) in [5.41, 5.74) is 15.6. The van der Waals surface area contributed by atoms with Gasteiger partial charge in [0.15, 0.2) is 0 Å². The summed E-state index contributed by atoms with van der Waals surface area (Å²) >= 11 is 1.42. The summed E-state index contributed by atoms with van der Waals surface area (Å²) < 4.78 is 0. The highest BCUT2D eigenvalue weighted by Gasteiger charge is 2.32. The van der Waals surface area contributed by atoms with Crippen LogP contribution >= 0.6 is 11.8 Å². The zero-order valence-corrected chi connectivity index (χ0v) is 19.1. The predicted octanol–water partition coefficient (Wildman–Crippen LogP) is -2.99. The zero-order chi connectivity index (χ0) is 25.0. The van der Waals surface area contributed by atoms with Crippen LogP contribution in [0.25, 0.3) is 0 Å². The molecule has 0 aromatic rings. The van der Waals surface area contributed by atoms with Crippen molar-refractivity contribution in [1.82, 2.24) is 16.0 Å². The fraction of sp³-hybridized carbons (Fsp3) is 0.667. The third-order valence-corrected chi connectivity index (χ3v) is 4.91. The molecule has 0 heterocycles. The van der Waals surface area contributed by atoms with Crippen LogP contribution in [-0.4, -0.2) is 76.8 Å². The van der Waals surface area contributed by atoms with Gasteiger partial charge in [0, 0.05) is 0 Å². The van der Waals surface area contributed by atoms with Crippen LogP contribution in [0.5, 0.6) is 0 Å². The van der Waals surface area contributed by atoms with Crippen molar-refractivity contribution in [3.63, 3.8) is 0 Å². The van der Waals surface area contributed by atoms with Crippen LogP contribution < -0.4 is 33.2 Å². The molecule has 182 valence electrons. The van der Waals surface area contributed by atoms with Crippen molar-refractivity contribution in [2.45, 2.75) is 57.3 Å². The lowest BCUT2D eigenvalue weighted by Gasteiger charge is -2.27. The molecule has 0 saturated carbocycles. The average molecular weight is 477 g/mol. The molecule has 0 aliphatic carbocycles. The quantitative estimate of drug-likeness (QED) is 0.127. The van der Waals surface area contributed by atoms with Gasteiger partial charge in [-0.05, 0) is 24.3 Å². The highest BCUT2D eigenvalue weighted by atomic mass is 32.2. The SMILES string of the molecule is CSCCC(NC(=O)C(N)CC(N)=O)C(=O)NC(C(=O)NC(CC(N)=O)C(=O)O)C(C)C. The molecule has 5 amide bonds. The van der Waals surface area contributed by atoms with Crippen molar-refractivity contribution in [1.29, 1.82) is 0 Å². The van der Waals surface area contributed by atoms with E-state index in [1.54, 1.807) is 20.1 Å². The number of hydrogen-bond acceptors (Lipinski definition) is 8. The van der Waals surface area contributed by atoms with Gasteiger partial charge in [-0.1, -0.05) is 13.8 Å². The Kier molecular flexibility index (Phi) is 13.0. The number of carboxylic acids is 1. The van der Waals surface area contributed by atoms with E-state index in [1.165, 1.54) is 11.8 Å². The highest BCUT2D eigenvalue weighted by molar-refractivity contribution is 7.98. The zero-order valence-electron chi connectivity index (χ0n) is 18.3. The summed E-state index contributed by atoms with van der Waals surface area (Å²) in [6.07, 6.45) is 0.971. The van der Waals surface area contributed by atoms with Gasteiger partial charge in [0.2, 0.25) is 29.5 Å². The first kappa shape index (κ1) is 29.1. The molecule has 0 aliphatic heterocycles. The van der Waals surface area contributed by atoms with Gasteiger partial charge in [-0.15, -0.1) is 0 Å². The van der Waals surface area contributed by atoms with E-state index in [2.05, 4.69) is 16.0 Å². The van der Waals surface area contributed by atoms with Crippen molar-refractivity contribution in [2.24, 2.45) is 23.1 Å². The molecule has 10 N–H and O–H groups in total. The fourth-order valence-electron chi connectivity index (χ4n) is 2.54. The molecule has 4 atom stereocenters. The Labute approximate surface area is 189 Å². The van der Waals surface area contributed by atoms with Gasteiger partial charge in [-0.2, -0.15) is 11.8 Å². The number of nitrogens with one attached hydrogen (secondary N) is 3. The van der Waals surface area contributed by atoms with Crippen LogP contribution in [0.1, 0.15) is 33.1 Å². The van der Waals surface area contributed by atoms with Crippen molar-refractivity contribution < 1.29 is 33.9 Å². The van der Waals surface area contributed by atoms with Gasteiger partial charge in [0.25, 0.3) is 0 Å². The molecule has 32 heavy (non-hydrogen) atoms. The second-order valence-electron chi connectivity index (χ2n) is 7.42. The number of primary amides is 2. The van der Waals surface area contributed by atoms with Gasteiger partial charge >= 0.3 is 5.97 Å². The number of nitrogens with two attached hydrogens (primary N) is 3. The van der Waals surface area contributed by atoms with Gasteiger partial charge in [0.05, 0.1) is 18.9 Å². The molecule has 0 spiro atoms. The van der Waals surface area contributed by atoms with E-state index in [0.717, 1.165) is 0 Å². The summed E-state index contributed by atoms with van der Waals surface area (Å²) in [6, 6.07) is -5.03. The molecule has 0 rings (SSSR count). The first-order valence-electron chi connectivity index (χ1n) is 9.75. The molecule has 0 radical (unpaired) electrons. The molecule has 14 heteroatoms. The average Bonchev–Trinajstić information content (AvgIpc) is 2.66. The maximum absolute atomic E-state index is 12.8. The Hall–Kier alpha value is -2.87. The minimum Gasteiger partial charge on any atom is -0.480 e. The van der Waals surface area contributed by atoms with Crippen molar-refractivity contribution in [3.05, 3.63) is 0 Å². The Bertz CT molecular complexity index is 718. The molecule has 4 unspecified atom stereocenters. The van der Waals surface area contributed by atoms with Crippen LogP contribution in [0.4, 0.5) is 0 Å². The molecule has 0 bridgehead atoms. The number of rotatable bonds is 15. The number of carboxylic acid groups (broad SMARTS) is 1. The Morgan fingerprint density at radius 3 is 1.81 bits per heavy atom.